The zero-order chi connectivity index (χ0) is 18.6. The third kappa shape index (κ3) is 4.81. The van der Waals surface area contributed by atoms with Crippen molar-refractivity contribution in [2.45, 2.75) is 60.2 Å². The van der Waals surface area contributed by atoms with Crippen LogP contribution in [0.25, 0.3) is 0 Å². The smallest absolute Gasteiger partial charge is 0.237 e. The van der Waals surface area contributed by atoms with Crippen molar-refractivity contribution in [2.24, 2.45) is 5.92 Å². The van der Waals surface area contributed by atoms with Gasteiger partial charge < -0.3 is 10.6 Å². The fraction of sp³-hybridized carbons (Fsp3) is 0.722. The second kappa shape index (κ2) is 8.47. The molecule has 7 nitrogen and oxygen atoms in total. The van der Waals surface area contributed by atoms with Crippen LogP contribution in [0.5, 0.6) is 0 Å². The molecule has 2 heterocycles. The van der Waals surface area contributed by atoms with Crippen molar-refractivity contribution < 1.29 is 9.59 Å². The lowest BCUT2D eigenvalue weighted by Crippen LogP contribution is -2.57. The highest BCUT2D eigenvalue weighted by atomic mass is 16.2. The highest BCUT2D eigenvalue weighted by molar-refractivity contribution is 5.88. The summed E-state index contributed by atoms with van der Waals surface area (Å²) in [6.07, 6.45) is 0.193. The van der Waals surface area contributed by atoms with E-state index in [1.54, 1.807) is 0 Å². The SMILES string of the molecule is CCn1nc(C)c(CNC(=O)C[C@H]2C(=O)NCCN2CC(C)C)c1C. The van der Waals surface area contributed by atoms with Crippen LogP contribution in [0.2, 0.25) is 0 Å². The number of aromatic nitrogens is 2. The molecule has 0 radical (unpaired) electrons. The molecule has 1 aromatic rings. The molecule has 2 rings (SSSR count). The number of aryl methyl sites for hydroxylation is 2. The number of amides is 2. The van der Waals surface area contributed by atoms with E-state index in [-0.39, 0.29) is 24.3 Å². The average molecular weight is 349 g/mol. The van der Waals surface area contributed by atoms with E-state index in [0.717, 1.165) is 36.6 Å². The van der Waals surface area contributed by atoms with E-state index < -0.39 is 0 Å². The van der Waals surface area contributed by atoms with E-state index in [0.29, 0.717) is 19.0 Å². The molecule has 0 saturated carbocycles. The van der Waals surface area contributed by atoms with Gasteiger partial charge in [0, 0.05) is 44.0 Å². The summed E-state index contributed by atoms with van der Waals surface area (Å²) in [7, 11) is 0. The monoisotopic (exact) mass is 349 g/mol. The predicted molar refractivity (Wildman–Crippen MR) is 97.0 cm³/mol. The Balaban J connectivity index is 1.96. The van der Waals surface area contributed by atoms with Crippen molar-refractivity contribution in [3.05, 3.63) is 17.0 Å². The summed E-state index contributed by atoms with van der Waals surface area (Å²) in [5, 5.41) is 10.3. The Morgan fingerprint density at radius 3 is 2.72 bits per heavy atom. The predicted octanol–water partition coefficient (Wildman–Crippen LogP) is 0.983. The van der Waals surface area contributed by atoms with Gasteiger partial charge in [0.25, 0.3) is 0 Å². The van der Waals surface area contributed by atoms with Gasteiger partial charge in [-0.1, -0.05) is 13.8 Å². The van der Waals surface area contributed by atoms with Gasteiger partial charge in [0.2, 0.25) is 11.8 Å². The first-order valence-corrected chi connectivity index (χ1v) is 9.14. The fourth-order valence-electron chi connectivity index (χ4n) is 3.40. The standard InChI is InChI=1S/C18H31N5O2/c1-6-23-14(5)15(13(4)21-23)10-20-17(24)9-16-18(25)19-7-8-22(16)11-12(2)3/h12,16H,6-11H2,1-5H3,(H,19,25)(H,20,24)/t16-/m0/s1. The van der Waals surface area contributed by atoms with E-state index in [4.69, 9.17) is 0 Å². The van der Waals surface area contributed by atoms with Gasteiger partial charge in [-0.15, -0.1) is 0 Å². The Bertz CT molecular complexity index is 623. The van der Waals surface area contributed by atoms with E-state index in [1.807, 2.05) is 25.5 Å². The van der Waals surface area contributed by atoms with Crippen molar-refractivity contribution in [1.82, 2.24) is 25.3 Å². The van der Waals surface area contributed by atoms with E-state index in [2.05, 4.69) is 34.5 Å². The summed E-state index contributed by atoms with van der Waals surface area (Å²) in [5.74, 6) is 0.314. The quantitative estimate of drug-likeness (QED) is 0.769. The van der Waals surface area contributed by atoms with Crippen molar-refractivity contribution in [3.63, 3.8) is 0 Å². The van der Waals surface area contributed by atoms with E-state index >= 15 is 0 Å². The largest absolute Gasteiger partial charge is 0.353 e. The van der Waals surface area contributed by atoms with Crippen molar-refractivity contribution in [1.29, 1.82) is 0 Å². The molecule has 2 amide bonds. The number of carbonyl (C=O) groups excluding carboxylic acids is 2. The number of rotatable bonds is 7. The highest BCUT2D eigenvalue weighted by Gasteiger charge is 2.31. The number of piperazine rings is 1. The summed E-state index contributed by atoms with van der Waals surface area (Å²) >= 11 is 0. The molecule has 0 aromatic carbocycles. The molecule has 1 fully saturated rings. The Morgan fingerprint density at radius 1 is 1.40 bits per heavy atom. The van der Waals surface area contributed by atoms with Gasteiger partial charge in [-0.3, -0.25) is 19.2 Å². The first-order valence-electron chi connectivity index (χ1n) is 9.14. The average Bonchev–Trinajstić information content (AvgIpc) is 2.82. The molecule has 0 aliphatic carbocycles. The van der Waals surface area contributed by atoms with Gasteiger partial charge in [-0.25, -0.2) is 0 Å². The van der Waals surface area contributed by atoms with Crippen LogP contribution in [0.15, 0.2) is 0 Å². The summed E-state index contributed by atoms with van der Waals surface area (Å²) in [6, 6.07) is -0.378. The Morgan fingerprint density at radius 2 is 2.12 bits per heavy atom. The van der Waals surface area contributed by atoms with E-state index in [9.17, 15) is 9.59 Å². The van der Waals surface area contributed by atoms with Crippen molar-refractivity contribution >= 4 is 11.8 Å². The molecule has 1 atom stereocenters. The van der Waals surface area contributed by atoms with Crippen LogP contribution in [0.3, 0.4) is 0 Å². The maximum Gasteiger partial charge on any atom is 0.237 e. The molecule has 1 aromatic heterocycles. The molecule has 25 heavy (non-hydrogen) atoms. The van der Waals surface area contributed by atoms with Gasteiger partial charge in [0.05, 0.1) is 18.2 Å². The van der Waals surface area contributed by atoms with Crippen LogP contribution in [0.4, 0.5) is 0 Å². The molecule has 2 N–H and O–H groups in total. The molecule has 140 valence electrons. The lowest BCUT2D eigenvalue weighted by Gasteiger charge is -2.35. The molecule has 7 heteroatoms. The number of nitrogens with zero attached hydrogens (tertiary/aromatic N) is 3. The summed E-state index contributed by atoms with van der Waals surface area (Å²) < 4.78 is 1.94. The summed E-state index contributed by atoms with van der Waals surface area (Å²) in [5.41, 5.74) is 3.08. The van der Waals surface area contributed by atoms with Gasteiger partial charge >= 0.3 is 0 Å². The zero-order valence-corrected chi connectivity index (χ0v) is 16.1. The molecule has 1 aliphatic heterocycles. The topological polar surface area (TPSA) is 79.3 Å². The van der Waals surface area contributed by atoms with Crippen LogP contribution >= 0.6 is 0 Å². The minimum absolute atomic E-state index is 0.0480. The molecular weight excluding hydrogens is 318 g/mol. The molecular formula is C18H31N5O2. The summed E-state index contributed by atoms with van der Waals surface area (Å²) in [4.78, 5) is 26.7. The first kappa shape index (κ1) is 19.4. The molecule has 0 bridgehead atoms. The fourth-order valence-corrected chi connectivity index (χ4v) is 3.40. The summed E-state index contributed by atoms with van der Waals surface area (Å²) in [6.45, 7) is 13.8. The van der Waals surface area contributed by atoms with Crippen LogP contribution in [-0.4, -0.2) is 52.2 Å². The first-order chi connectivity index (χ1) is 11.8. The lowest BCUT2D eigenvalue weighted by molar-refractivity contribution is -0.134. The third-order valence-corrected chi connectivity index (χ3v) is 4.71. The Kier molecular flexibility index (Phi) is 6.58. The highest BCUT2D eigenvalue weighted by Crippen LogP contribution is 2.14. The van der Waals surface area contributed by atoms with Gasteiger partial charge in [-0.05, 0) is 26.7 Å². The molecule has 0 unspecified atom stereocenters. The van der Waals surface area contributed by atoms with Crippen LogP contribution in [0.1, 0.15) is 44.1 Å². The van der Waals surface area contributed by atoms with Gasteiger partial charge in [-0.2, -0.15) is 5.10 Å². The molecule has 1 aliphatic rings. The minimum Gasteiger partial charge on any atom is -0.353 e. The van der Waals surface area contributed by atoms with E-state index in [1.165, 1.54) is 0 Å². The zero-order valence-electron chi connectivity index (χ0n) is 16.1. The number of nitrogens with one attached hydrogen (secondary N) is 2. The maximum absolute atomic E-state index is 12.4. The van der Waals surface area contributed by atoms with Crippen molar-refractivity contribution in [3.8, 4) is 0 Å². The Hall–Kier alpha value is -1.89. The van der Waals surface area contributed by atoms with Crippen LogP contribution < -0.4 is 10.6 Å². The van der Waals surface area contributed by atoms with Crippen LogP contribution in [0, 0.1) is 19.8 Å². The number of hydrogen-bond donors (Lipinski definition) is 2. The second-order valence-electron chi connectivity index (χ2n) is 7.14. The van der Waals surface area contributed by atoms with Gasteiger partial charge in [0.15, 0.2) is 0 Å². The lowest BCUT2D eigenvalue weighted by atomic mass is 10.1. The molecule has 1 saturated heterocycles. The molecule has 0 spiro atoms. The van der Waals surface area contributed by atoms with Gasteiger partial charge in [0.1, 0.15) is 0 Å². The van der Waals surface area contributed by atoms with Crippen molar-refractivity contribution in [2.75, 3.05) is 19.6 Å². The van der Waals surface area contributed by atoms with Crippen LogP contribution in [-0.2, 0) is 22.7 Å². The second-order valence-corrected chi connectivity index (χ2v) is 7.14. The third-order valence-electron chi connectivity index (χ3n) is 4.71. The minimum atomic E-state index is -0.378. The number of carbonyl (C=O) groups is 2. The normalized spacial score (nSPS) is 18.5. The maximum atomic E-state index is 12.4. The Labute approximate surface area is 150 Å². The number of hydrogen-bond acceptors (Lipinski definition) is 4.